The Hall–Kier alpha value is -1.77. The molecule has 3 rings (SSSR count). The Morgan fingerprint density at radius 3 is 2.11 bits per heavy atom. The number of rotatable bonds is 8. The van der Waals surface area contributed by atoms with E-state index < -0.39 is 11.6 Å². The maximum absolute atomic E-state index is 14.6. The van der Waals surface area contributed by atoms with E-state index in [1.54, 1.807) is 0 Å². The van der Waals surface area contributed by atoms with Crippen molar-refractivity contribution in [3.63, 3.8) is 0 Å². The summed E-state index contributed by atoms with van der Waals surface area (Å²) in [5.41, 5.74) is 2.61. The first-order valence-electron chi connectivity index (χ1n) is 10.8. The van der Waals surface area contributed by atoms with Crippen LogP contribution in [-0.4, -0.2) is 6.67 Å². The molecule has 152 valence electrons. The molecule has 1 aliphatic carbocycles. The lowest BCUT2D eigenvalue weighted by Crippen LogP contribution is -2.13. The van der Waals surface area contributed by atoms with Crippen molar-refractivity contribution >= 4 is 0 Å². The van der Waals surface area contributed by atoms with Crippen molar-refractivity contribution in [1.82, 2.24) is 0 Å². The highest BCUT2D eigenvalue weighted by atomic mass is 19.1. The molecule has 0 N–H and O–H groups in total. The number of hydrogen-bond donors (Lipinski definition) is 0. The van der Waals surface area contributed by atoms with Gasteiger partial charge in [0.25, 0.3) is 0 Å². The van der Waals surface area contributed by atoms with Gasteiger partial charge in [-0.1, -0.05) is 44.0 Å². The quantitative estimate of drug-likeness (QED) is 0.402. The molecule has 0 aromatic heterocycles. The lowest BCUT2D eigenvalue weighted by Gasteiger charge is -2.28. The molecule has 28 heavy (non-hydrogen) atoms. The standard InChI is InChI=1S/C25H31F3/c1-2-3-4-5-19-16-23(27)25(24(28)17-19)22-12-10-21(11-13-22)20-8-6-18(7-9-20)14-15-26/h10-13,16-18,20H,2-9,14-15H2,1H3. The summed E-state index contributed by atoms with van der Waals surface area (Å²) in [6.07, 6.45) is 8.78. The third kappa shape index (κ3) is 5.18. The average Bonchev–Trinajstić information content (AvgIpc) is 2.69. The Kier molecular flexibility index (Phi) is 7.58. The molecule has 0 atom stereocenters. The number of alkyl halides is 1. The summed E-state index contributed by atoms with van der Waals surface area (Å²) in [4.78, 5) is 0. The van der Waals surface area contributed by atoms with Crippen LogP contribution in [0.15, 0.2) is 36.4 Å². The zero-order valence-corrected chi connectivity index (χ0v) is 16.8. The second kappa shape index (κ2) is 10.1. The van der Waals surface area contributed by atoms with Gasteiger partial charge in [0.1, 0.15) is 11.6 Å². The summed E-state index contributed by atoms with van der Waals surface area (Å²) in [6, 6.07) is 10.6. The Bertz CT molecular complexity index is 720. The maximum Gasteiger partial charge on any atom is 0.134 e. The molecule has 0 aliphatic heterocycles. The van der Waals surface area contributed by atoms with Gasteiger partial charge < -0.3 is 0 Å². The normalized spacial score (nSPS) is 19.7. The van der Waals surface area contributed by atoms with Gasteiger partial charge in [-0.05, 0) is 85.6 Å². The highest BCUT2D eigenvalue weighted by Gasteiger charge is 2.22. The lowest BCUT2D eigenvalue weighted by molar-refractivity contribution is 0.283. The van der Waals surface area contributed by atoms with Gasteiger partial charge in [-0.15, -0.1) is 0 Å². The smallest absolute Gasteiger partial charge is 0.134 e. The molecule has 1 fully saturated rings. The summed E-state index contributed by atoms with van der Waals surface area (Å²) in [6.45, 7) is 1.89. The van der Waals surface area contributed by atoms with Crippen LogP contribution in [0.2, 0.25) is 0 Å². The van der Waals surface area contributed by atoms with Crippen LogP contribution in [0.5, 0.6) is 0 Å². The van der Waals surface area contributed by atoms with E-state index in [1.807, 2.05) is 24.3 Å². The van der Waals surface area contributed by atoms with Gasteiger partial charge in [-0.2, -0.15) is 0 Å². The van der Waals surface area contributed by atoms with Crippen molar-refractivity contribution in [3.05, 3.63) is 59.2 Å². The molecular weight excluding hydrogens is 357 g/mol. The van der Waals surface area contributed by atoms with Crippen LogP contribution in [0.4, 0.5) is 13.2 Å². The molecule has 3 heteroatoms. The van der Waals surface area contributed by atoms with Gasteiger partial charge in [-0.25, -0.2) is 8.78 Å². The van der Waals surface area contributed by atoms with Crippen molar-refractivity contribution in [2.45, 2.75) is 70.6 Å². The van der Waals surface area contributed by atoms with Crippen LogP contribution in [0.3, 0.4) is 0 Å². The first kappa shape index (κ1) is 21.0. The molecule has 0 spiro atoms. The van der Waals surface area contributed by atoms with Gasteiger partial charge >= 0.3 is 0 Å². The first-order chi connectivity index (χ1) is 13.6. The number of benzene rings is 2. The zero-order valence-electron chi connectivity index (χ0n) is 16.8. The van der Waals surface area contributed by atoms with E-state index in [2.05, 4.69) is 6.92 Å². The van der Waals surface area contributed by atoms with E-state index in [0.717, 1.165) is 50.5 Å². The minimum atomic E-state index is -0.481. The van der Waals surface area contributed by atoms with Gasteiger partial charge in [0, 0.05) is 0 Å². The highest BCUT2D eigenvalue weighted by molar-refractivity contribution is 5.65. The maximum atomic E-state index is 14.6. The van der Waals surface area contributed by atoms with Gasteiger partial charge in [0.2, 0.25) is 0 Å². The van der Waals surface area contributed by atoms with E-state index >= 15 is 0 Å². The monoisotopic (exact) mass is 388 g/mol. The van der Waals surface area contributed by atoms with Crippen LogP contribution in [0, 0.1) is 17.6 Å². The van der Waals surface area contributed by atoms with Crippen LogP contribution in [0.25, 0.3) is 11.1 Å². The largest absolute Gasteiger partial charge is 0.251 e. The van der Waals surface area contributed by atoms with Gasteiger partial charge in [-0.3, -0.25) is 4.39 Å². The number of halogens is 3. The van der Waals surface area contributed by atoms with Crippen molar-refractivity contribution in [1.29, 1.82) is 0 Å². The average molecular weight is 389 g/mol. The van der Waals surface area contributed by atoms with E-state index in [-0.39, 0.29) is 12.2 Å². The number of hydrogen-bond acceptors (Lipinski definition) is 0. The van der Waals surface area contributed by atoms with Crippen molar-refractivity contribution < 1.29 is 13.2 Å². The van der Waals surface area contributed by atoms with Crippen LogP contribution in [0.1, 0.15) is 75.3 Å². The molecule has 2 aromatic rings. The molecule has 0 bridgehead atoms. The van der Waals surface area contributed by atoms with Gasteiger partial charge in [0.15, 0.2) is 0 Å². The minimum absolute atomic E-state index is 0.0671. The second-order valence-electron chi connectivity index (χ2n) is 8.21. The fraction of sp³-hybridized carbons (Fsp3) is 0.520. The lowest BCUT2D eigenvalue weighted by atomic mass is 9.77. The van der Waals surface area contributed by atoms with E-state index in [1.165, 1.54) is 17.7 Å². The molecule has 0 amide bonds. The third-order valence-corrected chi connectivity index (χ3v) is 6.21. The molecule has 1 aliphatic rings. The van der Waals surface area contributed by atoms with E-state index in [0.29, 0.717) is 30.2 Å². The third-order valence-electron chi connectivity index (χ3n) is 6.21. The Morgan fingerprint density at radius 1 is 0.893 bits per heavy atom. The van der Waals surface area contributed by atoms with E-state index in [9.17, 15) is 13.2 Å². The van der Waals surface area contributed by atoms with Crippen LogP contribution >= 0.6 is 0 Å². The fourth-order valence-electron chi connectivity index (χ4n) is 4.49. The second-order valence-corrected chi connectivity index (χ2v) is 8.21. The molecule has 0 saturated heterocycles. The summed E-state index contributed by atoms with van der Waals surface area (Å²) < 4.78 is 41.7. The molecule has 0 heterocycles. The highest BCUT2D eigenvalue weighted by Crippen LogP contribution is 2.38. The predicted molar refractivity (Wildman–Crippen MR) is 110 cm³/mol. The fourth-order valence-corrected chi connectivity index (χ4v) is 4.49. The van der Waals surface area contributed by atoms with Crippen LogP contribution < -0.4 is 0 Å². The Morgan fingerprint density at radius 2 is 1.54 bits per heavy atom. The summed E-state index contributed by atoms with van der Waals surface area (Å²) >= 11 is 0. The molecular formula is C25H31F3. The Balaban J connectivity index is 1.69. The van der Waals surface area contributed by atoms with Crippen molar-refractivity contribution in [2.24, 2.45) is 5.92 Å². The molecule has 0 nitrogen and oxygen atoms in total. The molecule has 0 unspecified atom stereocenters. The van der Waals surface area contributed by atoms with Gasteiger partial charge in [0.05, 0.1) is 12.2 Å². The first-order valence-corrected chi connectivity index (χ1v) is 10.8. The number of unbranched alkanes of at least 4 members (excludes halogenated alkanes) is 2. The number of aryl methyl sites for hydroxylation is 1. The summed E-state index contributed by atoms with van der Waals surface area (Å²) in [7, 11) is 0. The van der Waals surface area contributed by atoms with Crippen molar-refractivity contribution in [2.75, 3.05) is 6.67 Å². The molecule has 1 saturated carbocycles. The topological polar surface area (TPSA) is 0 Å². The Labute approximate surface area is 167 Å². The molecule has 0 radical (unpaired) electrons. The zero-order chi connectivity index (χ0) is 19.9. The minimum Gasteiger partial charge on any atom is -0.251 e. The molecule has 2 aromatic carbocycles. The predicted octanol–water partition coefficient (Wildman–Crippen LogP) is 8.00. The summed E-state index contributed by atoms with van der Waals surface area (Å²) in [5.74, 6) is 0.0251. The SMILES string of the molecule is CCCCCc1cc(F)c(-c2ccc(C3CCC(CCF)CC3)cc2)c(F)c1. The summed E-state index contributed by atoms with van der Waals surface area (Å²) in [5, 5.41) is 0. The van der Waals surface area contributed by atoms with E-state index in [4.69, 9.17) is 0 Å². The van der Waals surface area contributed by atoms with Crippen molar-refractivity contribution in [3.8, 4) is 11.1 Å². The van der Waals surface area contributed by atoms with Crippen LogP contribution in [-0.2, 0) is 6.42 Å².